The first-order valence-electron chi connectivity index (χ1n) is 11.7. The van der Waals surface area contributed by atoms with Crippen molar-refractivity contribution >= 4 is 39.9 Å². The number of methoxy groups -OCH3 is 1. The number of ether oxygens (including phenoxy) is 2. The summed E-state index contributed by atoms with van der Waals surface area (Å²) in [6.07, 6.45) is 9.51. The van der Waals surface area contributed by atoms with Crippen molar-refractivity contribution in [2.75, 3.05) is 7.11 Å². The molecule has 0 atom stereocenters. The second-order valence-corrected chi connectivity index (χ2v) is 10.3. The molecule has 0 saturated carbocycles. The molecule has 0 radical (unpaired) electrons. The molecule has 4 rings (SSSR count). The van der Waals surface area contributed by atoms with Crippen LogP contribution < -0.4 is 4.74 Å². The van der Waals surface area contributed by atoms with Crippen LogP contribution in [0, 0.1) is 0 Å². The lowest BCUT2D eigenvalue weighted by atomic mass is 10.2. The van der Waals surface area contributed by atoms with E-state index >= 15 is 0 Å². The average molecular weight is 502 g/mol. The largest absolute Gasteiger partial charge is 0.497 e. The lowest BCUT2D eigenvalue weighted by molar-refractivity contribution is -0.155. The summed E-state index contributed by atoms with van der Waals surface area (Å²) >= 11 is 1.57. The Kier molecular flexibility index (Phi) is 7.40. The van der Waals surface area contributed by atoms with Gasteiger partial charge in [0.25, 0.3) is 0 Å². The molecule has 0 aliphatic rings. The Morgan fingerprint density at radius 1 is 1.14 bits per heavy atom. The van der Waals surface area contributed by atoms with E-state index < -0.39 is 5.60 Å². The van der Waals surface area contributed by atoms with E-state index in [0.717, 1.165) is 44.0 Å². The van der Waals surface area contributed by atoms with Gasteiger partial charge in [-0.15, -0.1) is 0 Å². The monoisotopic (exact) mass is 501 g/mol. The highest BCUT2D eigenvalue weighted by atomic mass is 32.2. The summed E-state index contributed by atoms with van der Waals surface area (Å²) in [5, 5.41) is 1.98. The number of pyridine rings is 1. The van der Waals surface area contributed by atoms with E-state index in [1.54, 1.807) is 31.3 Å². The van der Waals surface area contributed by atoms with Gasteiger partial charge < -0.3 is 14.0 Å². The summed E-state index contributed by atoms with van der Waals surface area (Å²) in [5.41, 5.74) is 3.01. The number of aromatic nitrogens is 3. The van der Waals surface area contributed by atoms with Crippen molar-refractivity contribution in [3.05, 3.63) is 84.4 Å². The van der Waals surface area contributed by atoms with Gasteiger partial charge in [-0.3, -0.25) is 8.77 Å². The number of esters is 1. The third-order valence-electron chi connectivity index (χ3n) is 5.48. The second-order valence-electron chi connectivity index (χ2n) is 9.24. The fraction of sp³-hybridized carbons (Fsp3) is 0.241. The highest BCUT2D eigenvalue weighted by molar-refractivity contribution is 8.02. The molecular formula is C29H31N3O3S. The molecular weight excluding hydrogens is 470 g/mol. The molecule has 0 aliphatic carbocycles. The minimum absolute atomic E-state index is 0.0783. The van der Waals surface area contributed by atoms with Gasteiger partial charge in [0.2, 0.25) is 0 Å². The van der Waals surface area contributed by atoms with Crippen LogP contribution in [0.3, 0.4) is 0 Å². The Balaban J connectivity index is 1.93. The van der Waals surface area contributed by atoms with Crippen molar-refractivity contribution in [3.63, 3.8) is 0 Å². The maximum absolute atomic E-state index is 13.0. The number of carbonyl (C=O) groups excluding carboxylic acids is 1. The van der Waals surface area contributed by atoms with Crippen LogP contribution in [0.1, 0.15) is 27.7 Å². The van der Waals surface area contributed by atoms with Crippen LogP contribution >= 0.6 is 11.9 Å². The molecule has 3 aromatic heterocycles. The maximum Gasteiger partial charge on any atom is 0.326 e. The Bertz CT molecular complexity index is 1480. The van der Waals surface area contributed by atoms with Crippen molar-refractivity contribution in [1.29, 1.82) is 0 Å². The Morgan fingerprint density at radius 2 is 1.92 bits per heavy atom. The quantitative estimate of drug-likeness (QED) is 0.190. The zero-order valence-electron chi connectivity index (χ0n) is 21.3. The average Bonchev–Trinajstić information content (AvgIpc) is 3.38. The molecule has 7 heteroatoms. The zero-order valence-corrected chi connectivity index (χ0v) is 22.1. The number of hydrogen-bond donors (Lipinski definition) is 0. The maximum atomic E-state index is 13.0. The number of benzene rings is 1. The Hall–Kier alpha value is -3.71. The number of rotatable bonds is 8. The summed E-state index contributed by atoms with van der Waals surface area (Å²) in [6, 6.07) is 14.0. The number of fused-ring (bicyclic) bond motifs is 2. The molecule has 0 amide bonds. The van der Waals surface area contributed by atoms with Crippen LogP contribution in [-0.2, 0) is 16.1 Å². The van der Waals surface area contributed by atoms with Crippen molar-refractivity contribution in [2.45, 2.75) is 39.8 Å². The first-order valence-corrected chi connectivity index (χ1v) is 12.5. The summed E-state index contributed by atoms with van der Waals surface area (Å²) in [7, 11) is 1.65. The highest BCUT2D eigenvalue weighted by Gasteiger charge is 2.22. The highest BCUT2D eigenvalue weighted by Crippen LogP contribution is 2.38. The molecule has 0 N–H and O–H groups in total. The molecule has 0 spiro atoms. The number of carbonyl (C=O) groups is 1. The van der Waals surface area contributed by atoms with E-state index in [1.165, 1.54) is 0 Å². The van der Waals surface area contributed by atoms with Crippen LogP contribution in [-0.4, -0.2) is 32.2 Å². The zero-order chi connectivity index (χ0) is 25.9. The molecule has 186 valence electrons. The second kappa shape index (κ2) is 10.5. The van der Waals surface area contributed by atoms with Gasteiger partial charge in [-0.25, -0.2) is 4.98 Å². The molecule has 4 aromatic rings. The molecule has 0 fully saturated rings. The van der Waals surface area contributed by atoms with Gasteiger partial charge in [0.1, 0.15) is 17.9 Å². The van der Waals surface area contributed by atoms with Crippen LogP contribution in [0.4, 0.5) is 0 Å². The van der Waals surface area contributed by atoms with Gasteiger partial charge >= 0.3 is 5.97 Å². The third-order valence-corrected chi connectivity index (χ3v) is 6.61. The van der Waals surface area contributed by atoms with Gasteiger partial charge in [-0.1, -0.05) is 24.8 Å². The van der Waals surface area contributed by atoms with Crippen LogP contribution in [0.5, 0.6) is 5.75 Å². The normalized spacial score (nSPS) is 12.5. The smallest absolute Gasteiger partial charge is 0.326 e. The summed E-state index contributed by atoms with van der Waals surface area (Å²) in [5.74, 6) is 0.458. The summed E-state index contributed by atoms with van der Waals surface area (Å²) in [4.78, 5) is 18.7. The first kappa shape index (κ1) is 25.4. The van der Waals surface area contributed by atoms with Crippen LogP contribution in [0.15, 0.2) is 84.4 Å². The fourth-order valence-corrected chi connectivity index (χ4v) is 4.93. The predicted molar refractivity (Wildman–Crippen MR) is 149 cm³/mol. The standard InChI is InChI=1S/C29H31N3O3S/c1-7-9-12-23(8-2)36-32-26(17-20-11-10-15-30-28(20)32)25-18-21-16-22(34-6)13-14-24(21)31(25)19-27(33)35-29(3,4)5/h7-18H,1,19H2,2-6H3/b12-9-,23-8+. The SMILES string of the molecule is C=C/C=C\C(=C/C)Sn1c(-c2cc3cc(OC)ccc3n2CC(=O)OC(C)(C)C)cc2cccnc21. The molecule has 0 bridgehead atoms. The van der Waals surface area contributed by atoms with E-state index in [2.05, 4.69) is 27.7 Å². The topological polar surface area (TPSA) is 58.3 Å². The minimum Gasteiger partial charge on any atom is -0.497 e. The minimum atomic E-state index is -0.573. The van der Waals surface area contributed by atoms with E-state index in [9.17, 15) is 4.79 Å². The number of allylic oxidation sites excluding steroid dienone is 4. The van der Waals surface area contributed by atoms with E-state index in [1.807, 2.05) is 80.8 Å². The van der Waals surface area contributed by atoms with Crippen LogP contribution in [0.25, 0.3) is 33.3 Å². The predicted octanol–water partition coefficient (Wildman–Crippen LogP) is 7.15. The molecule has 0 unspecified atom stereocenters. The Labute approximate surface area is 216 Å². The van der Waals surface area contributed by atoms with Crippen molar-refractivity contribution < 1.29 is 14.3 Å². The summed E-state index contributed by atoms with van der Waals surface area (Å²) < 4.78 is 15.2. The van der Waals surface area contributed by atoms with E-state index in [0.29, 0.717) is 0 Å². The third kappa shape index (κ3) is 5.41. The number of nitrogens with zero attached hydrogens (tertiary/aromatic N) is 3. The van der Waals surface area contributed by atoms with Gasteiger partial charge in [0.15, 0.2) is 5.65 Å². The molecule has 36 heavy (non-hydrogen) atoms. The van der Waals surface area contributed by atoms with Crippen molar-refractivity contribution in [2.24, 2.45) is 0 Å². The van der Waals surface area contributed by atoms with Crippen LogP contribution in [0.2, 0.25) is 0 Å². The summed E-state index contributed by atoms with van der Waals surface area (Å²) in [6.45, 7) is 11.5. The Morgan fingerprint density at radius 3 is 2.61 bits per heavy atom. The van der Waals surface area contributed by atoms with Gasteiger partial charge in [0, 0.05) is 27.4 Å². The fourth-order valence-electron chi connectivity index (χ4n) is 3.99. The molecule has 1 aromatic carbocycles. The van der Waals surface area contributed by atoms with Crippen molar-refractivity contribution in [1.82, 2.24) is 13.5 Å². The molecule has 0 saturated heterocycles. The molecule has 3 heterocycles. The molecule has 6 nitrogen and oxygen atoms in total. The van der Waals surface area contributed by atoms with Gasteiger partial charge in [-0.05, 0) is 88.2 Å². The lowest BCUT2D eigenvalue weighted by Gasteiger charge is -2.20. The van der Waals surface area contributed by atoms with E-state index in [4.69, 9.17) is 9.47 Å². The lowest BCUT2D eigenvalue weighted by Crippen LogP contribution is -2.26. The van der Waals surface area contributed by atoms with Crippen molar-refractivity contribution in [3.8, 4) is 17.1 Å². The molecule has 0 aliphatic heterocycles. The first-order chi connectivity index (χ1) is 17.2. The van der Waals surface area contributed by atoms with E-state index in [-0.39, 0.29) is 12.5 Å². The van der Waals surface area contributed by atoms with Gasteiger partial charge in [-0.2, -0.15) is 0 Å². The number of hydrogen-bond acceptors (Lipinski definition) is 5. The van der Waals surface area contributed by atoms with Gasteiger partial charge in [0.05, 0.1) is 18.5 Å².